The minimum atomic E-state index is -0.310. The zero-order chi connectivity index (χ0) is 17.9. The molecule has 5 nitrogen and oxygen atoms in total. The smallest absolute Gasteiger partial charge is 0.161 e. The number of aliphatic hydroxyl groups is 1. The molecule has 0 amide bonds. The average Bonchev–Trinajstić information content (AvgIpc) is 3.11. The maximum atomic E-state index is 9.19. The quantitative estimate of drug-likeness (QED) is 0.506. The lowest BCUT2D eigenvalue weighted by molar-refractivity contribution is 0.191. The van der Waals surface area contributed by atoms with Gasteiger partial charge in [0.05, 0.1) is 12.7 Å². The SMILES string of the molecule is CCOc1cc(CNCCNCC(C)O)ccc1OCc1cccs1. The molecule has 0 fully saturated rings. The molecule has 0 aliphatic rings. The van der Waals surface area contributed by atoms with Gasteiger partial charge in [0.25, 0.3) is 0 Å². The minimum absolute atomic E-state index is 0.310. The van der Waals surface area contributed by atoms with Crippen molar-refractivity contribution >= 4 is 11.3 Å². The number of ether oxygens (including phenoxy) is 2. The summed E-state index contributed by atoms with van der Waals surface area (Å²) < 4.78 is 11.6. The van der Waals surface area contributed by atoms with Crippen molar-refractivity contribution in [1.29, 1.82) is 0 Å². The first kappa shape index (κ1) is 19.7. The van der Waals surface area contributed by atoms with Crippen LogP contribution >= 0.6 is 11.3 Å². The van der Waals surface area contributed by atoms with Crippen molar-refractivity contribution in [2.45, 2.75) is 33.1 Å². The van der Waals surface area contributed by atoms with Crippen LogP contribution in [-0.4, -0.2) is 37.5 Å². The van der Waals surface area contributed by atoms with Crippen LogP contribution in [0.5, 0.6) is 11.5 Å². The van der Waals surface area contributed by atoms with Crippen molar-refractivity contribution < 1.29 is 14.6 Å². The number of benzene rings is 1. The molecule has 2 aromatic rings. The number of aliphatic hydroxyl groups excluding tert-OH is 1. The van der Waals surface area contributed by atoms with Gasteiger partial charge in [-0.3, -0.25) is 0 Å². The predicted octanol–water partition coefficient (Wildman–Crippen LogP) is 2.79. The van der Waals surface area contributed by atoms with Gasteiger partial charge in [-0.15, -0.1) is 11.3 Å². The summed E-state index contributed by atoms with van der Waals surface area (Å²) in [7, 11) is 0. The summed E-state index contributed by atoms with van der Waals surface area (Å²) in [4.78, 5) is 1.19. The Bertz CT molecular complexity index is 603. The molecule has 1 heterocycles. The highest BCUT2D eigenvalue weighted by Crippen LogP contribution is 2.29. The second-order valence-electron chi connectivity index (χ2n) is 5.81. The van der Waals surface area contributed by atoms with E-state index in [9.17, 15) is 5.11 Å². The Kier molecular flexibility index (Phi) is 8.76. The normalized spacial score (nSPS) is 12.1. The molecule has 2 rings (SSSR count). The Labute approximate surface area is 154 Å². The Morgan fingerprint density at radius 3 is 2.68 bits per heavy atom. The van der Waals surface area contributed by atoms with Crippen molar-refractivity contribution in [3.05, 3.63) is 46.2 Å². The largest absolute Gasteiger partial charge is 0.490 e. The van der Waals surface area contributed by atoms with E-state index in [0.717, 1.165) is 36.7 Å². The van der Waals surface area contributed by atoms with E-state index in [0.29, 0.717) is 19.8 Å². The van der Waals surface area contributed by atoms with E-state index in [1.807, 2.05) is 30.5 Å². The highest BCUT2D eigenvalue weighted by Gasteiger charge is 2.07. The van der Waals surface area contributed by atoms with E-state index >= 15 is 0 Å². The molecule has 3 N–H and O–H groups in total. The van der Waals surface area contributed by atoms with Crippen LogP contribution in [0.2, 0.25) is 0 Å². The van der Waals surface area contributed by atoms with Crippen molar-refractivity contribution in [2.24, 2.45) is 0 Å². The first-order valence-electron chi connectivity index (χ1n) is 8.69. The fourth-order valence-corrected chi connectivity index (χ4v) is 2.93. The molecule has 1 atom stereocenters. The van der Waals surface area contributed by atoms with Gasteiger partial charge in [0, 0.05) is 31.1 Å². The highest BCUT2D eigenvalue weighted by molar-refractivity contribution is 7.09. The summed E-state index contributed by atoms with van der Waals surface area (Å²) in [6.45, 7) is 7.96. The second-order valence-corrected chi connectivity index (χ2v) is 6.84. The summed E-state index contributed by atoms with van der Waals surface area (Å²) in [6, 6.07) is 10.2. The minimum Gasteiger partial charge on any atom is -0.490 e. The Balaban J connectivity index is 1.82. The lowest BCUT2D eigenvalue weighted by Gasteiger charge is -2.13. The average molecular weight is 365 g/mol. The number of hydrogen-bond donors (Lipinski definition) is 3. The van der Waals surface area contributed by atoms with Gasteiger partial charge in [0.2, 0.25) is 0 Å². The molecule has 1 aromatic carbocycles. The van der Waals surface area contributed by atoms with E-state index in [4.69, 9.17) is 9.47 Å². The standard InChI is InChI=1S/C19H28N2O3S/c1-3-23-19-11-16(13-21-9-8-20-12-15(2)22)6-7-18(19)24-14-17-5-4-10-25-17/h4-7,10-11,15,20-22H,3,8-9,12-14H2,1-2H3. The van der Waals surface area contributed by atoms with Gasteiger partial charge in [-0.1, -0.05) is 12.1 Å². The van der Waals surface area contributed by atoms with Gasteiger partial charge < -0.3 is 25.2 Å². The van der Waals surface area contributed by atoms with Crippen LogP contribution in [0.25, 0.3) is 0 Å². The first-order valence-corrected chi connectivity index (χ1v) is 9.57. The van der Waals surface area contributed by atoms with Crippen LogP contribution in [0.1, 0.15) is 24.3 Å². The molecule has 138 valence electrons. The van der Waals surface area contributed by atoms with Crippen LogP contribution in [0.3, 0.4) is 0 Å². The third-order valence-electron chi connectivity index (χ3n) is 3.51. The number of rotatable bonds is 12. The molecule has 0 aliphatic carbocycles. The first-order chi connectivity index (χ1) is 12.2. The molecule has 1 aromatic heterocycles. The van der Waals surface area contributed by atoms with Gasteiger partial charge in [-0.2, -0.15) is 0 Å². The summed E-state index contributed by atoms with van der Waals surface area (Å²) in [5, 5.41) is 17.8. The van der Waals surface area contributed by atoms with Crippen LogP contribution < -0.4 is 20.1 Å². The maximum absolute atomic E-state index is 9.19. The van der Waals surface area contributed by atoms with E-state index < -0.39 is 0 Å². The van der Waals surface area contributed by atoms with Crippen LogP contribution in [0, 0.1) is 0 Å². The molecule has 0 saturated carbocycles. The monoisotopic (exact) mass is 364 g/mol. The molecule has 0 radical (unpaired) electrons. The topological polar surface area (TPSA) is 62.8 Å². The fraction of sp³-hybridized carbons (Fsp3) is 0.474. The summed E-state index contributed by atoms with van der Waals surface area (Å²) in [5.74, 6) is 1.56. The van der Waals surface area contributed by atoms with E-state index in [2.05, 4.69) is 22.8 Å². The fourth-order valence-electron chi connectivity index (χ4n) is 2.31. The van der Waals surface area contributed by atoms with Crippen molar-refractivity contribution in [2.75, 3.05) is 26.2 Å². The lowest BCUT2D eigenvalue weighted by Crippen LogP contribution is -2.31. The van der Waals surface area contributed by atoms with Crippen molar-refractivity contribution in [3.8, 4) is 11.5 Å². The number of thiophene rings is 1. The maximum Gasteiger partial charge on any atom is 0.161 e. The van der Waals surface area contributed by atoms with Crippen molar-refractivity contribution in [1.82, 2.24) is 10.6 Å². The Hall–Kier alpha value is -1.60. The molecule has 1 unspecified atom stereocenters. The second kappa shape index (κ2) is 11.1. The molecule has 6 heteroatoms. The molecular weight excluding hydrogens is 336 g/mol. The van der Waals surface area contributed by atoms with Crippen LogP contribution in [0.15, 0.2) is 35.7 Å². The van der Waals surface area contributed by atoms with Gasteiger partial charge in [-0.25, -0.2) is 0 Å². The van der Waals surface area contributed by atoms with Gasteiger partial charge in [-0.05, 0) is 43.0 Å². The zero-order valence-corrected chi connectivity index (χ0v) is 15.8. The highest BCUT2D eigenvalue weighted by atomic mass is 32.1. The summed E-state index contributed by atoms with van der Waals surface area (Å²) >= 11 is 1.69. The van der Waals surface area contributed by atoms with E-state index in [1.54, 1.807) is 18.3 Å². The van der Waals surface area contributed by atoms with Gasteiger partial charge in [0.1, 0.15) is 6.61 Å². The number of nitrogens with one attached hydrogen (secondary N) is 2. The number of hydrogen-bond acceptors (Lipinski definition) is 6. The molecule has 0 aliphatic heterocycles. The summed E-state index contributed by atoms with van der Waals surface area (Å²) in [5.41, 5.74) is 1.16. The van der Waals surface area contributed by atoms with Crippen LogP contribution in [0.4, 0.5) is 0 Å². The molecule has 0 saturated heterocycles. The van der Waals surface area contributed by atoms with Gasteiger partial charge in [0.15, 0.2) is 11.5 Å². The van der Waals surface area contributed by atoms with Crippen LogP contribution in [-0.2, 0) is 13.2 Å². The van der Waals surface area contributed by atoms with E-state index in [1.165, 1.54) is 4.88 Å². The Morgan fingerprint density at radius 2 is 1.96 bits per heavy atom. The zero-order valence-electron chi connectivity index (χ0n) is 15.0. The van der Waals surface area contributed by atoms with E-state index in [-0.39, 0.29) is 6.10 Å². The third kappa shape index (κ3) is 7.44. The van der Waals surface area contributed by atoms with Crippen molar-refractivity contribution in [3.63, 3.8) is 0 Å². The third-order valence-corrected chi connectivity index (χ3v) is 4.36. The molecule has 25 heavy (non-hydrogen) atoms. The molecular formula is C19H28N2O3S. The van der Waals surface area contributed by atoms with Gasteiger partial charge >= 0.3 is 0 Å². The molecule has 0 spiro atoms. The summed E-state index contributed by atoms with van der Waals surface area (Å²) in [6.07, 6.45) is -0.310. The lowest BCUT2D eigenvalue weighted by atomic mass is 10.2. The predicted molar refractivity (Wildman–Crippen MR) is 103 cm³/mol. The Morgan fingerprint density at radius 1 is 1.12 bits per heavy atom. The molecule has 0 bridgehead atoms.